The van der Waals surface area contributed by atoms with E-state index in [1.54, 1.807) is 25.3 Å². The molecule has 1 aromatic heterocycles. The predicted octanol–water partition coefficient (Wildman–Crippen LogP) is 5.16. The highest BCUT2D eigenvalue weighted by atomic mass is 32.1. The van der Waals surface area contributed by atoms with Crippen molar-refractivity contribution in [3.8, 4) is 16.7 Å². The standard InChI is InChI=1S/C23H27N3O3S/c1-4-5-6-13-24-22(27)18-11-12-19(28-3)20(15-18)29-23-25-21(26-30-23)14-17-9-7-16(2)8-10-17/h7-12,15H,4-6,13-14H2,1-3H3,(H,24,27). The molecule has 0 bridgehead atoms. The van der Waals surface area contributed by atoms with E-state index in [0.717, 1.165) is 24.8 Å². The Labute approximate surface area is 181 Å². The number of amides is 1. The van der Waals surface area contributed by atoms with Gasteiger partial charge in [0.15, 0.2) is 17.3 Å². The minimum Gasteiger partial charge on any atom is -0.493 e. The maximum absolute atomic E-state index is 12.4. The summed E-state index contributed by atoms with van der Waals surface area (Å²) in [4.78, 5) is 16.9. The summed E-state index contributed by atoms with van der Waals surface area (Å²) in [5.74, 6) is 1.54. The van der Waals surface area contributed by atoms with Crippen LogP contribution in [0.5, 0.6) is 16.7 Å². The first-order valence-electron chi connectivity index (χ1n) is 10.1. The van der Waals surface area contributed by atoms with E-state index in [1.807, 2.05) is 0 Å². The van der Waals surface area contributed by atoms with Crippen LogP contribution < -0.4 is 14.8 Å². The number of carbonyl (C=O) groups is 1. The number of carbonyl (C=O) groups excluding carboxylic acids is 1. The fraction of sp³-hybridized carbons (Fsp3) is 0.348. The first kappa shape index (κ1) is 21.8. The number of methoxy groups -OCH3 is 1. The molecule has 3 aromatic rings. The van der Waals surface area contributed by atoms with Gasteiger partial charge in [-0.1, -0.05) is 49.6 Å². The SMILES string of the molecule is CCCCCNC(=O)c1ccc(OC)c(Oc2nc(Cc3ccc(C)cc3)ns2)c1. The van der Waals surface area contributed by atoms with Crippen molar-refractivity contribution in [1.82, 2.24) is 14.7 Å². The Morgan fingerprint density at radius 2 is 1.90 bits per heavy atom. The molecule has 1 heterocycles. The lowest BCUT2D eigenvalue weighted by molar-refractivity contribution is 0.0952. The number of unbranched alkanes of at least 4 members (excludes halogenated alkanes) is 2. The summed E-state index contributed by atoms with van der Waals surface area (Å²) in [6.07, 6.45) is 3.82. The molecular formula is C23H27N3O3S. The molecule has 2 aromatic carbocycles. The van der Waals surface area contributed by atoms with Gasteiger partial charge in [-0.05, 0) is 37.1 Å². The van der Waals surface area contributed by atoms with Crippen molar-refractivity contribution in [2.24, 2.45) is 0 Å². The number of ether oxygens (including phenoxy) is 2. The maximum Gasteiger partial charge on any atom is 0.298 e. The quantitative estimate of drug-likeness (QED) is 0.454. The highest BCUT2D eigenvalue weighted by Gasteiger charge is 2.14. The molecule has 30 heavy (non-hydrogen) atoms. The maximum atomic E-state index is 12.4. The molecule has 1 amide bonds. The van der Waals surface area contributed by atoms with Crippen LogP contribution in [-0.2, 0) is 6.42 Å². The molecule has 0 atom stereocenters. The van der Waals surface area contributed by atoms with E-state index in [1.165, 1.54) is 17.1 Å². The van der Waals surface area contributed by atoms with Crippen molar-refractivity contribution >= 4 is 17.4 Å². The molecule has 0 aliphatic carbocycles. The van der Waals surface area contributed by atoms with Crippen molar-refractivity contribution in [3.05, 3.63) is 65.0 Å². The number of nitrogens with zero attached hydrogens (tertiary/aromatic N) is 2. The normalized spacial score (nSPS) is 10.6. The van der Waals surface area contributed by atoms with Crippen LogP contribution in [0.4, 0.5) is 0 Å². The van der Waals surface area contributed by atoms with Crippen molar-refractivity contribution in [2.75, 3.05) is 13.7 Å². The van der Waals surface area contributed by atoms with Gasteiger partial charge in [0.25, 0.3) is 11.1 Å². The summed E-state index contributed by atoms with van der Waals surface area (Å²) in [5, 5.41) is 3.35. The van der Waals surface area contributed by atoms with Gasteiger partial charge in [0.1, 0.15) is 0 Å². The zero-order valence-electron chi connectivity index (χ0n) is 17.6. The third kappa shape index (κ3) is 6.03. The number of benzene rings is 2. The first-order valence-corrected chi connectivity index (χ1v) is 10.9. The van der Waals surface area contributed by atoms with E-state index < -0.39 is 0 Å². The lowest BCUT2D eigenvalue weighted by Crippen LogP contribution is -2.24. The number of aryl methyl sites for hydroxylation is 1. The smallest absolute Gasteiger partial charge is 0.298 e. The number of hydrogen-bond donors (Lipinski definition) is 1. The molecule has 0 fully saturated rings. The number of aromatic nitrogens is 2. The van der Waals surface area contributed by atoms with Gasteiger partial charge in [-0.3, -0.25) is 4.79 Å². The Morgan fingerprint density at radius 3 is 2.63 bits per heavy atom. The number of hydrogen-bond acceptors (Lipinski definition) is 6. The highest BCUT2D eigenvalue weighted by molar-refractivity contribution is 7.07. The van der Waals surface area contributed by atoms with E-state index in [2.05, 4.69) is 52.8 Å². The second-order valence-electron chi connectivity index (χ2n) is 7.07. The van der Waals surface area contributed by atoms with Gasteiger partial charge in [-0.2, -0.15) is 9.36 Å². The van der Waals surface area contributed by atoms with Crippen LogP contribution >= 0.6 is 11.5 Å². The van der Waals surface area contributed by atoms with Crippen molar-refractivity contribution < 1.29 is 14.3 Å². The van der Waals surface area contributed by atoms with Crippen LogP contribution in [0.3, 0.4) is 0 Å². The average molecular weight is 426 g/mol. The summed E-state index contributed by atoms with van der Waals surface area (Å²) in [6.45, 7) is 4.85. The molecule has 6 nitrogen and oxygen atoms in total. The second kappa shape index (κ2) is 10.7. The molecular weight excluding hydrogens is 398 g/mol. The monoisotopic (exact) mass is 425 g/mol. The second-order valence-corrected chi connectivity index (χ2v) is 7.78. The lowest BCUT2D eigenvalue weighted by Gasteiger charge is -2.10. The van der Waals surface area contributed by atoms with Crippen LogP contribution in [0.25, 0.3) is 0 Å². The number of nitrogens with one attached hydrogen (secondary N) is 1. The fourth-order valence-electron chi connectivity index (χ4n) is 2.91. The molecule has 0 aliphatic heterocycles. The largest absolute Gasteiger partial charge is 0.493 e. The van der Waals surface area contributed by atoms with Gasteiger partial charge in [0.05, 0.1) is 7.11 Å². The van der Waals surface area contributed by atoms with Gasteiger partial charge in [0, 0.05) is 30.1 Å². The van der Waals surface area contributed by atoms with Crippen molar-refractivity contribution in [3.63, 3.8) is 0 Å². The molecule has 0 aliphatic rings. The Bertz CT molecular complexity index is 970. The van der Waals surface area contributed by atoms with Crippen molar-refractivity contribution in [1.29, 1.82) is 0 Å². The van der Waals surface area contributed by atoms with Crippen LogP contribution in [0.2, 0.25) is 0 Å². The van der Waals surface area contributed by atoms with E-state index >= 15 is 0 Å². The number of rotatable bonds is 10. The first-order chi connectivity index (χ1) is 14.6. The Morgan fingerprint density at radius 1 is 1.10 bits per heavy atom. The fourth-order valence-corrected chi connectivity index (χ4v) is 3.47. The molecule has 0 radical (unpaired) electrons. The van der Waals surface area contributed by atoms with E-state index in [9.17, 15) is 4.79 Å². The summed E-state index contributed by atoms with van der Waals surface area (Å²) >= 11 is 1.18. The molecule has 158 valence electrons. The molecule has 1 N–H and O–H groups in total. The highest BCUT2D eigenvalue weighted by Crippen LogP contribution is 2.33. The van der Waals surface area contributed by atoms with Crippen LogP contribution in [0.1, 0.15) is 53.5 Å². The van der Waals surface area contributed by atoms with Gasteiger partial charge in [0.2, 0.25) is 0 Å². The molecule has 3 rings (SSSR count). The molecule has 0 saturated heterocycles. The topological polar surface area (TPSA) is 73.3 Å². The zero-order chi connectivity index (χ0) is 21.3. The molecule has 0 saturated carbocycles. The summed E-state index contributed by atoms with van der Waals surface area (Å²) < 4.78 is 15.7. The minimum absolute atomic E-state index is 0.129. The lowest BCUT2D eigenvalue weighted by atomic mass is 10.1. The average Bonchev–Trinajstić information content (AvgIpc) is 3.19. The van der Waals surface area contributed by atoms with Gasteiger partial charge in [-0.25, -0.2) is 0 Å². The summed E-state index contributed by atoms with van der Waals surface area (Å²) in [5.41, 5.74) is 2.88. The third-order valence-corrected chi connectivity index (χ3v) is 5.25. The van der Waals surface area contributed by atoms with Crippen molar-refractivity contribution in [2.45, 2.75) is 39.5 Å². The molecule has 0 spiro atoms. The Balaban J connectivity index is 1.68. The van der Waals surface area contributed by atoms with Crippen LogP contribution in [0.15, 0.2) is 42.5 Å². The van der Waals surface area contributed by atoms with E-state index in [0.29, 0.717) is 41.0 Å². The Kier molecular flexibility index (Phi) is 7.79. The minimum atomic E-state index is -0.129. The molecule has 7 heteroatoms. The summed E-state index contributed by atoms with van der Waals surface area (Å²) in [7, 11) is 1.57. The molecule has 0 unspecified atom stereocenters. The Hall–Kier alpha value is -2.93. The van der Waals surface area contributed by atoms with E-state index in [4.69, 9.17) is 9.47 Å². The van der Waals surface area contributed by atoms with E-state index in [-0.39, 0.29) is 5.91 Å². The van der Waals surface area contributed by atoms with Gasteiger partial charge < -0.3 is 14.8 Å². The van der Waals surface area contributed by atoms with Crippen LogP contribution in [0, 0.1) is 6.92 Å². The van der Waals surface area contributed by atoms with Crippen LogP contribution in [-0.4, -0.2) is 28.9 Å². The summed E-state index contributed by atoms with van der Waals surface area (Å²) in [6, 6.07) is 13.4. The van der Waals surface area contributed by atoms with Gasteiger partial charge in [-0.15, -0.1) is 0 Å². The third-order valence-electron chi connectivity index (χ3n) is 4.62. The van der Waals surface area contributed by atoms with Gasteiger partial charge >= 0.3 is 0 Å². The predicted molar refractivity (Wildman–Crippen MR) is 119 cm³/mol. The zero-order valence-corrected chi connectivity index (χ0v) is 18.4.